The van der Waals surface area contributed by atoms with Crippen molar-refractivity contribution in [3.8, 4) is 0 Å². The van der Waals surface area contributed by atoms with Crippen LogP contribution in [0.4, 0.5) is 0 Å². The highest BCUT2D eigenvalue weighted by Gasteiger charge is 2.35. The summed E-state index contributed by atoms with van der Waals surface area (Å²) >= 11 is 6.20. The molecule has 2 amide bonds. The van der Waals surface area contributed by atoms with Crippen molar-refractivity contribution < 1.29 is 9.59 Å². The number of halogens is 1. The lowest BCUT2D eigenvalue weighted by Gasteiger charge is -2.24. The molecule has 2 aromatic rings. The first-order valence-corrected chi connectivity index (χ1v) is 9.28. The molecular formula is C21H23ClN2O2. The molecule has 0 aromatic heterocycles. The van der Waals surface area contributed by atoms with Crippen molar-refractivity contribution in [1.82, 2.24) is 10.2 Å². The normalized spacial score (nSPS) is 16.8. The van der Waals surface area contributed by atoms with Crippen molar-refractivity contribution in [3.05, 3.63) is 70.2 Å². The predicted molar refractivity (Wildman–Crippen MR) is 103 cm³/mol. The molecule has 0 aliphatic carbocycles. The molecule has 1 saturated heterocycles. The van der Waals surface area contributed by atoms with E-state index >= 15 is 0 Å². The Labute approximate surface area is 159 Å². The fourth-order valence-corrected chi connectivity index (χ4v) is 3.53. The molecule has 26 heavy (non-hydrogen) atoms. The summed E-state index contributed by atoms with van der Waals surface area (Å²) < 4.78 is 0. The molecule has 0 spiro atoms. The number of nitrogens with zero attached hydrogens (tertiary/aromatic N) is 1. The Balaban J connectivity index is 1.58. The summed E-state index contributed by atoms with van der Waals surface area (Å²) in [5.41, 5.74) is 3.27. The molecule has 0 saturated carbocycles. The maximum absolute atomic E-state index is 12.6. The number of hydrogen-bond acceptors (Lipinski definition) is 2. The predicted octanol–water partition coefficient (Wildman–Crippen LogP) is 3.50. The van der Waals surface area contributed by atoms with Crippen LogP contribution in [0.5, 0.6) is 0 Å². The van der Waals surface area contributed by atoms with Gasteiger partial charge in [0.05, 0.1) is 0 Å². The van der Waals surface area contributed by atoms with Crippen LogP contribution in [0.15, 0.2) is 48.5 Å². The van der Waals surface area contributed by atoms with E-state index in [-0.39, 0.29) is 11.8 Å². The number of rotatable bonds is 6. The average Bonchev–Trinajstić information content (AvgIpc) is 2.98. The Bertz CT molecular complexity index is 806. The number of carbonyl (C=O) groups excluding carboxylic acids is 2. The number of aryl methyl sites for hydroxylation is 1. The minimum Gasteiger partial charge on any atom is -0.354 e. The highest BCUT2D eigenvalue weighted by atomic mass is 35.5. The molecule has 1 aliphatic rings. The average molecular weight is 371 g/mol. The van der Waals surface area contributed by atoms with Gasteiger partial charge in [0.2, 0.25) is 11.8 Å². The molecule has 1 N–H and O–H groups in total. The highest BCUT2D eigenvalue weighted by Crippen LogP contribution is 2.24. The van der Waals surface area contributed by atoms with E-state index in [1.165, 1.54) is 11.1 Å². The summed E-state index contributed by atoms with van der Waals surface area (Å²) in [4.78, 5) is 26.5. The first kappa shape index (κ1) is 18.5. The number of amides is 2. The van der Waals surface area contributed by atoms with Crippen LogP contribution in [0.3, 0.4) is 0 Å². The van der Waals surface area contributed by atoms with Crippen LogP contribution in [0.1, 0.15) is 29.5 Å². The van der Waals surface area contributed by atoms with E-state index in [9.17, 15) is 9.59 Å². The molecule has 1 heterocycles. The molecule has 1 atom stereocenters. The van der Waals surface area contributed by atoms with Gasteiger partial charge in [0, 0.05) is 24.5 Å². The van der Waals surface area contributed by atoms with Crippen molar-refractivity contribution in [2.24, 2.45) is 0 Å². The van der Waals surface area contributed by atoms with Crippen molar-refractivity contribution >= 4 is 23.4 Å². The first-order valence-electron chi connectivity index (χ1n) is 8.91. The van der Waals surface area contributed by atoms with Gasteiger partial charge in [-0.15, -0.1) is 0 Å². The van der Waals surface area contributed by atoms with E-state index in [2.05, 4.69) is 30.4 Å². The number of hydrogen-bond donors (Lipinski definition) is 1. The third-order valence-corrected chi connectivity index (χ3v) is 5.09. The molecule has 1 unspecified atom stereocenters. The van der Waals surface area contributed by atoms with E-state index in [4.69, 9.17) is 11.6 Å². The number of benzene rings is 2. The van der Waals surface area contributed by atoms with Gasteiger partial charge in [-0.05, 0) is 37.0 Å². The van der Waals surface area contributed by atoms with Crippen molar-refractivity contribution in [1.29, 1.82) is 0 Å². The van der Waals surface area contributed by atoms with Crippen molar-refractivity contribution in [2.75, 3.05) is 6.54 Å². The first-order chi connectivity index (χ1) is 12.5. The molecule has 3 rings (SSSR count). The van der Waals surface area contributed by atoms with Gasteiger partial charge in [-0.25, -0.2) is 0 Å². The summed E-state index contributed by atoms with van der Waals surface area (Å²) in [5, 5.41) is 3.59. The number of nitrogens with one attached hydrogen (secondary N) is 1. The van der Waals surface area contributed by atoms with Crippen LogP contribution in [0.25, 0.3) is 0 Å². The van der Waals surface area contributed by atoms with Crippen LogP contribution in [0, 0.1) is 6.92 Å². The standard InChI is InChI=1S/C21H23ClN2O2/c1-15-5-4-6-16(13-15)11-12-23-21(26)19-9-10-20(25)24(19)14-17-7-2-3-8-18(17)22/h2-8,13,19H,9-12,14H2,1H3,(H,23,26). The van der Waals surface area contributed by atoms with E-state index < -0.39 is 6.04 Å². The van der Waals surface area contributed by atoms with Crippen molar-refractivity contribution in [3.63, 3.8) is 0 Å². The molecule has 2 aromatic carbocycles. The summed E-state index contributed by atoms with van der Waals surface area (Å²) in [5.74, 6) is -0.0840. The third kappa shape index (κ3) is 4.44. The van der Waals surface area contributed by atoms with E-state index in [0.717, 1.165) is 12.0 Å². The SMILES string of the molecule is Cc1cccc(CCNC(=O)C2CCC(=O)N2Cc2ccccc2Cl)c1. The minimum atomic E-state index is -0.420. The zero-order chi connectivity index (χ0) is 18.5. The lowest BCUT2D eigenvalue weighted by atomic mass is 10.1. The van der Waals surface area contributed by atoms with Gasteiger partial charge in [0.25, 0.3) is 0 Å². The quantitative estimate of drug-likeness (QED) is 0.846. The van der Waals surface area contributed by atoms with Gasteiger partial charge < -0.3 is 10.2 Å². The van der Waals surface area contributed by atoms with Crippen LogP contribution in [0.2, 0.25) is 5.02 Å². The van der Waals surface area contributed by atoms with Gasteiger partial charge in [-0.1, -0.05) is 59.6 Å². The Hall–Kier alpha value is -2.33. The second-order valence-electron chi connectivity index (χ2n) is 6.70. The monoisotopic (exact) mass is 370 g/mol. The second kappa shape index (κ2) is 8.37. The smallest absolute Gasteiger partial charge is 0.242 e. The summed E-state index contributed by atoms with van der Waals surface area (Å²) in [6.45, 7) is 2.99. The molecule has 1 fully saturated rings. The highest BCUT2D eigenvalue weighted by molar-refractivity contribution is 6.31. The zero-order valence-corrected chi connectivity index (χ0v) is 15.6. The van der Waals surface area contributed by atoms with E-state index in [1.807, 2.05) is 24.3 Å². The summed E-state index contributed by atoms with van der Waals surface area (Å²) in [6, 6.07) is 15.3. The van der Waals surface area contributed by atoms with Gasteiger partial charge in [0.1, 0.15) is 6.04 Å². The number of carbonyl (C=O) groups is 2. The number of likely N-dealkylation sites (tertiary alicyclic amines) is 1. The third-order valence-electron chi connectivity index (χ3n) is 4.72. The van der Waals surface area contributed by atoms with Crippen LogP contribution < -0.4 is 5.32 Å². The lowest BCUT2D eigenvalue weighted by molar-refractivity contribution is -0.135. The molecule has 136 valence electrons. The molecular weight excluding hydrogens is 348 g/mol. The Morgan fingerprint density at radius 1 is 1.23 bits per heavy atom. The summed E-state index contributed by atoms with van der Waals surface area (Å²) in [7, 11) is 0. The Morgan fingerprint density at radius 2 is 2.04 bits per heavy atom. The largest absolute Gasteiger partial charge is 0.354 e. The van der Waals surface area contributed by atoms with Crippen LogP contribution in [-0.4, -0.2) is 29.3 Å². The maximum Gasteiger partial charge on any atom is 0.242 e. The molecule has 4 nitrogen and oxygen atoms in total. The van der Waals surface area contributed by atoms with Crippen molar-refractivity contribution in [2.45, 2.75) is 38.8 Å². The van der Waals surface area contributed by atoms with Gasteiger partial charge in [0.15, 0.2) is 0 Å². The molecule has 5 heteroatoms. The Morgan fingerprint density at radius 3 is 2.81 bits per heavy atom. The van der Waals surface area contributed by atoms with Gasteiger partial charge in [-0.2, -0.15) is 0 Å². The molecule has 0 radical (unpaired) electrons. The van der Waals surface area contributed by atoms with Gasteiger partial charge in [-0.3, -0.25) is 9.59 Å². The van der Waals surface area contributed by atoms with E-state index in [1.54, 1.807) is 11.0 Å². The second-order valence-corrected chi connectivity index (χ2v) is 7.10. The molecule has 1 aliphatic heterocycles. The van der Waals surface area contributed by atoms with E-state index in [0.29, 0.717) is 31.0 Å². The lowest BCUT2D eigenvalue weighted by Crippen LogP contribution is -2.44. The zero-order valence-electron chi connectivity index (χ0n) is 14.9. The summed E-state index contributed by atoms with van der Waals surface area (Å²) in [6.07, 6.45) is 1.73. The van der Waals surface area contributed by atoms with Crippen LogP contribution in [-0.2, 0) is 22.6 Å². The maximum atomic E-state index is 12.6. The molecule has 0 bridgehead atoms. The fourth-order valence-electron chi connectivity index (χ4n) is 3.33. The topological polar surface area (TPSA) is 49.4 Å². The Kier molecular flexibility index (Phi) is 5.94. The minimum absolute atomic E-state index is 0.00348. The van der Waals surface area contributed by atoms with Crippen LogP contribution >= 0.6 is 11.6 Å². The van der Waals surface area contributed by atoms with Gasteiger partial charge >= 0.3 is 0 Å². The fraction of sp³-hybridized carbons (Fsp3) is 0.333.